The Morgan fingerprint density at radius 2 is 2.22 bits per heavy atom. The van der Waals surface area contributed by atoms with Crippen LogP contribution < -0.4 is 0 Å². The number of ether oxygens (including phenoxy) is 1. The van der Waals surface area contributed by atoms with Gasteiger partial charge in [0.05, 0.1) is 12.3 Å². The second kappa shape index (κ2) is 7.14. The van der Waals surface area contributed by atoms with Gasteiger partial charge in [-0.25, -0.2) is 15.0 Å². The summed E-state index contributed by atoms with van der Waals surface area (Å²) >= 11 is 1.36. The maximum Gasteiger partial charge on any atom is 0.265 e. The molecule has 122 valence electrons. The molecule has 0 saturated carbocycles. The number of hydrogen-bond donors (Lipinski definition) is 0. The number of hydrogen-bond acceptors (Lipinski definition) is 6. The monoisotopic (exact) mass is 332 g/mol. The lowest BCUT2D eigenvalue weighted by Crippen LogP contribution is -2.35. The minimum Gasteiger partial charge on any atom is -0.381 e. The van der Waals surface area contributed by atoms with Gasteiger partial charge in [-0.1, -0.05) is 0 Å². The normalized spacial score (nSPS) is 17.4. The van der Waals surface area contributed by atoms with E-state index in [1.807, 2.05) is 18.7 Å². The summed E-state index contributed by atoms with van der Waals surface area (Å²) in [7, 11) is 0. The van der Waals surface area contributed by atoms with Gasteiger partial charge in [0.2, 0.25) is 0 Å². The van der Waals surface area contributed by atoms with E-state index in [2.05, 4.69) is 15.0 Å². The molecule has 23 heavy (non-hydrogen) atoms. The van der Waals surface area contributed by atoms with Crippen LogP contribution in [0.25, 0.3) is 10.8 Å². The van der Waals surface area contributed by atoms with Crippen molar-refractivity contribution in [2.24, 2.45) is 5.92 Å². The summed E-state index contributed by atoms with van der Waals surface area (Å²) in [5.74, 6) is 1.03. The van der Waals surface area contributed by atoms with Crippen LogP contribution >= 0.6 is 11.3 Å². The van der Waals surface area contributed by atoms with E-state index in [0.29, 0.717) is 28.2 Å². The van der Waals surface area contributed by atoms with Crippen LogP contribution in [0.5, 0.6) is 0 Å². The number of rotatable bonds is 5. The fourth-order valence-corrected chi connectivity index (χ4v) is 3.62. The molecule has 0 bridgehead atoms. The predicted molar refractivity (Wildman–Crippen MR) is 88.4 cm³/mol. The number of aryl methyl sites for hydroxylation is 1. The lowest BCUT2D eigenvalue weighted by Gasteiger charge is -2.23. The second-order valence-electron chi connectivity index (χ2n) is 5.58. The SMILES string of the molecule is CCN(C[C@@H]1CCOC1)C(=O)c1sc(-c2ncccn2)nc1C. The summed E-state index contributed by atoms with van der Waals surface area (Å²) in [6.07, 6.45) is 4.38. The van der Waals surface area contributed by atoms with Crippen molar-refractivity contribution >= 4 is 17.2 Å². The average molecular weight is 332 g/mol. The van der Waals surface area contributed by atoms with E-state index in [4.69, 9.17) is 4.74 Å². The van der Waals surface area contributed by atoms with E-state index >= 15 is 0 Å². The molecule has 1 amide bonds. The highest BCUT2D eigenvalue weighted by atomic mass is 32.1. The lowest BCUT2D eigenvalue weighted by molar-refractivity contribution is 0.0734. The van der Waals surface area contributed by atoms with Gasteiger partial charge < -0.3 is 9.64 Å². The van der Waals surface area contributed by atoms with Gasteiger partial charge >= 0.3 is 0 Å². The van der Waals surface area contributed by atoms with Crippen molar-refractivity contribution < 1.29 is 9.53 Å². The summed E-state index contributed by atoms with van der Waals surface area (Å²) in [6, 6.07) is 1.76. The number of thiazole rings is 1. The third-order valence-corrected chi connectivity index (χ3v) is 5.06. The van der Waals surface area contributed by atoms with Crippen molar-refractivity contribution in [3.8, 4) is 10.8 Å². The standard InChI is InChI=1S/C16H20N4O2S/c1-3-20(9-12-5-8-22-10-12)16(21)13-11(2)19-15(23-13)14-17-6-4-7-18-14/h4,6-7,12H,3,5,8-10H2,1-2H3/t12-/m0/s1. The first-order chi connectivity index (χ1) is 11.2. The highest BCUT2D eigenvalue weighted by Crippen LogP contribution is 2.27. The third kappa shape index (κ3) is 3.56. The first-order valence-electron chi connectivity index (χ1n) is 7.81. The number of carbonyl (C=O) groups excluding carboxylic acids is 1. The molecule has 0 unspecified atom stereocenters. The Labute approximate surface area is 139 Å². The quantitative estimate of drug-likeness (QED) is 0.841. The molecule has 1 aliphatic heterocycles. The smallest absolute Gasteiger partial charge is 0.265 e. The van der Waals surface area contributed by atoms with Gasteiger partial charge in [-0.15, -0.1) is 11.3 Å². The molecule has 1 fully saturated rings. The highest BCUT2D eigenvalue weighted by molar-refractivity contribution is 7.17. The molecule has 7 heteroatoms. The highest BCUT2D eigenvalue weighted by Gasteiger charge is 2.25. The van der Waals surface area contributed by atoms with E-state index in [0.717, 1.165) is 31.9 Å². The summed E-state index contributed by atoms with van der Waals surface area (Å²) in [6.45, 7) is 6.84. The fraction of sp³-hybridized carbons (Fsp3) is 0.500. The van der Waals surface area contributed by atoms with Crippen molar-refractivity contribution in [2.45, 2.75) is 20.3 Å². The van der Waals surface area contributed by atoms with E-state index in [1.165, 1.54) is 11.3 Å². The van der Waals surface area contributed by atoms with E-state index in [-0.39, 0.29) is 5.91 Å². The zero-order valence-electron chi connectivity index (χ0n) is 13.4. The molecule has 0 radical (unpaired) electrons. The predicted octanol–water partition coefficient (Wildman–Crippen LogP) is 2.41. The molecular formula is C16H20N4O2S. The van der Waals surface area contributed by atoms with E-state index in [9.17, 15) is 4.79 Å². The summed E-state index contributed by atoms with van der Waals surface area (Å²) in [5, 5.41) is 0.687. The molecule has 0 aliphatic carbocycles. The first-order valence-corrected chi connectivity index (χ1v) is 8.62. The van der Waals surface area contributed by atoms with E-state index in [1.54, 1.807) is 18.5 Å². The number of aromatic nitrogens is 3. The summed E-state index contributed by atoms with van der Waals surface area (Å²) < 4.78 is 5.41. The Morgan fingerprint density at radius 3 is 2.87 bits per heavy atom. The van der Waals surface area contributed by atoms with Gasteiger partial charge in [0, 0.05) is 38.0 Å². The van der Waals surface area contributed by atoms with Crippen molar-refractivity contribution in [3.05, 3.63) is 29.0 Å². The average Bonchev–Trinajstić information content (AvgIpc) is 3.22. The molecule has 2 aromatic heterocycles. The first kappa shape index (κ1) is 16.0. The van der Waals surface area contributed by atoms with Gasteiger partial charge in [-0.2, -0.15) is 0 Å². The molecule has 0 N–H and O–H groups in total. The topological polar surface area (TPSA) is 68.2 Å². The minimum atomic E-state index is 0.0385. The Bertz CT molecular complexity index is 668. The summed E-state index contributed by atoms with van der Waals surface area (Å²) in [5.41, 5.74) is 0.739. The molecule has 6 nitrogen and oxygen atoms in total. The van der Waals surface area contributed by atoms with Crippen LogP contribution in [-0.4, -0.2) is 52.1 Å². The number of nitrogens with zero attached hydrogens (tertiary/aromatic N) is 4. The van der Waals surface area contributed by atoms with Crippen LogP contribution in [0.4, 0.5) is 0 Å². The Kier molecular flexibility index (Phi) is 4.97. The molecule has 0 aromatic carbocycles. The Hall–Kier alpha value is -1.86. The zero-order valence-corrected chi connectivity index (χ0v) is 14.2. The van der Waals surface area contributed by atoms with Crippen molar-refractivity contribution in [3.63, 3.8) is 0 Å². The Balaban J connectivity index is 1.79. The van der Waals surface area contributed by atoms with Crippen LogP contribution in [0.15, 0.2) is 18.5 Å². The van der Waals surface area contributed by atoms with Gasteiger partial charge in [0.25, 0.3) is 5.91 Å². The summed E-state index contributed by atoms with van der Waals surface area (Å²) in [4.78, 5) is 28.3. The lowest BCUT2D eigenvalue weighted by atomic mass is 10.1. The molecule has 1 saturated heterocycles. The van der Waals surface area contributed by atoms with Gasteiger partial charge in [-0.05, 0) is 26.3 Å². The maximum atomic E-state index is 12.8. The van der Waals surface area contributed by atoms with Crippen molar-refractivity contribution in [1.29, 1.82) is 0 Å². The van der Waals surface area contributed by atoms with Crippen LogP contribution in [0.1, 0.15) is 28.7 Å². The van der Waals surface area contributed by atoms with E-state index < -0.39 is 0 Å². The van der Waals surface area contributed by atoms with Crippen LogP contribution in [0, 0.1) is 12.8 Å². The van der Waals surface area contributed by atoms with Crippen molar-refractivity contribution in [1.82, 2.24) is 19.9 Å². The molecule has 3 rings (SSSR count). The van der Waals surface area contributed by atoms with Crippen LogP contribution in [-0.2, 0) is 4.74 Å². The van der Waals surface area contributed by atoms with Gasteiger partial charge in [-0.3, -0.25) is 4.79 Å². The molecule has 2 aromatic rings. The van der Waals surface area contributed by atoms with Crippen LogP contribution in [0.3, 0.4) is 0 Å². The maximum absolute atomic E-state index is 12.8. The van der Waals surface area contributed by atoms with Crippen LogP contribution in [0.2, 0.25) is 0 Å². The van der Waals surface area contributed by atoms with Gasteiger partial charge in [0.1, 0.15) is 4.88 Å². The third-order valence-electron chi connectivity index (χ3n) is 3.92. The van der Waals surface area contributed by atoms with Gasteiger partial charge in [0.15, 0.2) is 10.8 Å². The number of amides is 1. The number of carbonyl (C=O) groups is 1. The largest absolute Gasteiger partial charge is 0.381 e. The Morgan fingerprint density at radius 1 is 1.43 bits per heavy atom. The molecule has 1 atom stereocenters. The van der Waals surface area contributed by atoms with Crippen molar-refractivity contribution in [2.75, 3.05) is 26.3 Å². The minimum absolute atomic E-state index is 0.0385. The molecular weight excluding hydrogens is 312 g/mol. The zero-order chi connectivity index (χ0) is 16.2. The fourth-order valence-electron chi connectivity index (χ4n) is 2.64. The second-order valence-corrected chi connectivity index (χ2v) is 6.58. The molecule has 0 spiro atoms. The molecule has 3 heterocycles. The molecule has 1 aliphatic rings.